The Morgan fingerprint density at radius 3 is 2.64 bits per heavy atom. The van der Waals surface area contributed by atoms with Gasteiger partial charge in [0.15, 0.2) is 0 Å². The number of aromatic nitrogens is 2. The minimum atomic E-state index is 0.00149. The molecule has 4 nitrogen and oxygen atoms in total. The first-order valence-corrected chi connectivity index (χ1v) is 8.72. The van der Waals surface area contributed by atoms with Crippen LogP contribution in [0.15, 0.2) is 54.6 Å². The Labute approximate surface area is 147 Å². The standard InChI is InChI=1S/C21H21N3O/c1-22-20(25)14-18-21(16-9-3-2-4-10-16)23-19-13-7-11-15-8-5-6-12-17(15)24(18)19/h2-6,8-10,12H,7,11,13-14H2,1H3,(H,22,25). The summed E-state index contributed by atoms with van der Waals surface area (Å²) >= 11 is 0. The van der Waals surface area contributed by atoms with Crippen LogP contribution in [0.25, 0.3) is 16.9 Å². The molecule has 0 atom stereocenters. The van der Waals surface area contributed by atoms with E-state index in [0.29, 0.717) is 6.42 Å². The average molecular weight is 331 g/mol. The molecule has 1 N–H and O–H groups in total. The number of amides is 1. The number of rotatable bonds is 3. The van der Waals surface area contributed by atoms with E-state index in [1.54, 1.807) is 7.05 Å². The number of hydrogen-bond acceptors (Lipinski definition) is 2. The van der Waals surface area contributed by atoms with E-state index in [2.05, 4.69) is 46.3 Å². The van der Waals surface area contributed by atoms with Gasteiger partial charge in [-0.25, -0.2) is 4.98 Å². The van der Waals surface area contributed by atoms with Gasteiger partial charge in [0, 0.05) is 19.0 Å². The van der Waals surface area contributed by atoms with Crippen LogP contribution in [-0.4, -0.2) is 22.5 Å². The summed E-state index contributed by atoms with van der Waals surface area (Å²) in [6.07, 6.45) is 3.35. The van der Waals surface area contributed by atoms with Gasteiger partial charge in [-0.3, -0.25) is 9.36 Å². The summed E-state index contributed by atoms with van der Waals surface area (Å²) in [5.74, 6) is 1.05. The lowest BCUT2D eigenvalue weighted by molar-refractivity contribution is -0.120. The van der Waals surface area contributed by atoms with Crippen LogP contribution in [0, 0.1) is 0 Å². The van der Waals surface area contributed by atoms with Crippen molar-refractivity contribution >= 4 is 5.91 Å². The zero-order chi connectivity index (χ0) is 17.2. The number of nitrogens with zero attached hydrogens (tertiary/aromatic N) is 2. The van der Waals surface area contributed by atoms with Gasteiger partial charge in [-0.1, -0.05) is 48.5 Å². The monoisotopic (exact) mass is 331 g/mol. The van der Waals surface area contributed by atoms with Crippen LogP contribution in [0.4, 0.5) is 0 Å². The largest absolute Gasteiger partial charge is 0.359 e. The van der Waals surface area contributed by atoms with E-state index in [-0.39, 0.29) is 5.91 Å². The molecule has 2 heterocycles. The predicted octanol–water partition coefficient (Wildman–Crippen LogP) is 3.32. The lowest BCUT2D eigenvalue weighted by atomic mass is 10.1. The molecule has 4 heteroatoms. The molecule has 0 radical (unpaired) electrons. The van der Waals surface area contributed by atoms with Crippen LogP contribution in [0.1, 0.15) is 23.5 Å². The molecule has 0 fully saturated rings. The topological polar surface area (TPSA) is 46.9 Å². The van der Waals surface area contributed by atoms with Gasteiger partial charge in [-0.05, 0) is 24.5 Å². The first kappa shape index (κ1) is 15.6. The molecule has 1 aliphatic heterocycles. The van der Waals surface area contributed by atoms with E-state index in [1.165, 1.54) is 5.56 Å². The maximum Gasteiger partial charge on any atom is 0.225 e. The van der Waals surface area contributed by atoms with Crippen molar-refractivity contribution in [2.45, 2.75) is 25.7 Å². The summed E-state index contributed by atoms with van der Waals surface area (Å²) in [7, 11) is 1.68. The number of nitrogens with one attached hydrogen (secondary N) is 1. The van der Waals surface area contributed by atoms with Gasteiger partial charge < -0.3 is 5.32 Å². The van der Waals surface area contributed by atoms with Crippen molar-refractivity contribution < 1.29 is 4.79 Å². The van der Waals surface area contributed by atoms with Gasteiger partial charge in [0.2, 0.25) is 5.91 Å². The Balaban J connectivity index is 1.96. The van der Waals surface area contributed by atoms with E-state index in [4.69, 9.17) is 4.98 Å². The van der Waals surface area contributed by atoms with Crippen molar-refractivity contribution in [1.82, 2.24) is 14.9 Å². The number of hydrogen-bond donors (Lipinski definition) is 1. The molecule has 0 bridgehead atoms. The summed E-state index contributed by atoms with van der Waals surface area (Å²) in [6.45, 7) is 0. The third kappa shape index (κ3) is 2.84. The highest BCUT2D eigenvalue weighted by Gasteiger charge is 2.24. The fourth-order valence-corrected chi connectivity index (χ4v) is 3.57. The predicted molar refractivity (Wildman–Crippen MR) is 98.8 cm³/mol. The van der Waals surface area contributed by atoms with Crippen molar-refractivity contribution in [2.24, 2.45) is 0 Å². The average Bonchev–Trinajstić information content (AvgIpc) is 2.90. The number of imidazole rings is 1. The van der Waals surface area contributed by atoms with Crippen LogP contribution in [0.5, 0.6) is 0 Å². The molecule has 0 saturated carbocycles. The Morgan fingerprint density at radius 2 is 1.84 bits per heavy atom. The van der Waals surface area contributed by atoms with Crippen molar-refractivity contribution in [3.05, 3.63) is 71.7 Å². The molecule has 25 heavy (non-hydrogen) atoms. The van der Waals surface area contributed by atoms with E-state index in [9.17, 15) is 4.79 Å². The first-order valence-electron chi connectivity index (χ1n) is 8.72. The minimum Gasteiger partial charge on any atom is -0.359 e. The molecule has 1 amide bonds. The molecule has 4 rings (SSSR count). The Morgan fingerprint density at radius 1 is 1.08 bits per heavy atom. The van der Waals surface area contributed by atoms with Crippen molar-refractivity contribution in [1.29, 1.82) is 0 Å². The van der Waals surface area contributed by atoms with Crippen LogP contribution in [-0.2, 0) is 24.1 Å². The second kappa shape index (κ2) is 6.55. The van der Waals surface area contributed by atoms with Gasteiger partial charge in [-0.15, -0.1) is 0 Å². The zero-order valence-corrected chi connectivity index (χ0v) is 14.3. The lowest BCUT2D eigenvalue weighted by Crippen LogP contribution is -2.22. The van der Waals surface area contributed by atoms with E-state index < -0.39 is 0 Å². The third-order valence-corrected chi connectivity index (χ3v) is 4.78. The molecule has 3 aromatic rings. The summed E-state index contributed by atoms with van der Waals surface area (Å²) in [6, 6.07) is 18.6. The van der Waals surface area contributed by atoms with Gasteiger partial charge in [0.05, 0.1) is 23.5 Å². The molecule has 126 valence electrons. The highest BCUT2D eigenvalue weighted by atomic mass is 16.1. The fourth-order valence-electron chi connectivity index (χ4n) is 3.57. The van der Waals surface area contributed by atoms with E-state index in [1.807, 2.05) is 18.2 Å². The highest BCUT2D eigenvalue weighted by molar-refractivity contribution is 5.81. The Kier molecular flexibility index (Phi) is 4.10. The van der Waals surface area contributed by atoms with Crippen LogP contribution in [0.3, 0.4) is 0 Å². The Hall–Kier alpha value is -2.88. The number of fused-ring (bicyclic) bond motifs is 3. The van der Waals surface area contributed by atoms with Crippen LogP contribution in [0.2, 0.25) is 0 Å². The smallest absolute Gasteiger partial charge is 0.225 e. The number of para-hydroxylation sites is 1. The molecule has 0 spiro atoms. The molecule has 0 saturated heterocycles. The minimum absolute atomic E-state index is 0.00149. The maximum atomic E-state index is 12.2. The number of carbonyl (C=O) groups is 1. The van der Waals surface area contributed by atoms with Crippen molar-refractivity contribution in [3.63, 3.8) is 0 Å². The van der Waals surface area contributed by atoms with Crippen LogP contribution >= 0.6 is 0 Å². The molecule has 0 unspecified atom stereocenters. The van der Waals surface area contributed by atoms with Gasteiger partial charge >= 0.3 is 0 Å². The zero-order valence-electron chi connectivity index (χ0n) is 14.3. The first-order chi connectivity index (χ1) is 12.3. The van der Waals surface area contributed by atoms with Gasteiger partial charge in [0.25, 0.3) is 0 Å². The molecule has 1 aliphatic rings. The van der Waals surface area contributed by atoms with Crippen molar-refractivity contribution in [3.8, 4) is 16.9 Å². The summed E-state index contributed by atoms with van der Waals surface area (Å²) in [5, 5.41) is 2.75. The second-order valence-corrected chi connectivity index (χ2v) is 6.36. The van der Waals surface area contributed by atoms with Crippen molar-refractivity contribution in [2.75, 3.05) is 7.05 Å². The van der Waals surface area contributed by atoms with Gasteiger partial charge in [-0.2, -0.15) is 0 Å². The summed E-state index contributed by atoms with van der Waals surface area (Å²) in [5.41, 5.74) is 5.41. The molecular weight excluding hydrogens is 310 g/mol. The molecule has 1 aromatic heterocycles. The molecular formula is C21H21N3O. The van der Waals surface area contributed by atoms with E-state index in [0.717, 1.165) is 47.7 Å². The summed E-state index contributed by atoms with van der Waals surface area (Å²) in [4.78, 5) is 17.1. The molecule has 2 aromatic carbocycles. The number of aryl methyl sites for hydroxylation is 2. The number of likely N-dealkylation sites (N-methyl/N-ethyl adjacent to an activating group) is 1. The third-order valence-electron chi connectivity index (χ3n) is 4.78. The molecule has 0 aliphatic carbocycles. The lowest BCUT2D eigenvalue weighted by Gasteiger charge is -2.13. The highest BCUT2D eigenvalue weighted by Crippen LogP contribution is 2.32. The normalized spacial score (nSPS) is 12.8. The SMILES string of the molecule is CNC(=O)Cc1c(-c2ccccc2)nc2n1-c1ccccc1CCC2. The maximum absolute atomic E-state index is 12.2. The number of benzene rings is 2. The van der Waals surface area contributed by atoms with Gasteiger partial charge in [0.1, 0.15) is 5.82 Å². The van der Waals surface area contributed by atoms with Crippen LogP contribution < -0.4 is 5.32 Å². The summed E-state index contributed by atoms with van der Waals surface area (Å²) < 4.78 is 2.21. The van der Waals surface area contributed by atoms with E-state index >= 15 is 0 Å². The quantitative estimate of drug-likeness (QED) is 0.800. The second-order valence-electron chi connectivity index (χ2n) is 6.36. The fraction of sp³-hybridized carbons (Fsp3) is 0.238. The Bertz CT molecular complexity index is 912. The number of carbonyl (C=O) groups excluding carboxylic acids is 1.